The van der Waals surface area contributed by atoms with Crippen molar-refractivity contribution in [3.05, 3.63) is 48.4 Å². The molecule has 25 heavy (non-hydrogen) atoms. The topological polar surface area (TPSA) is 70.2 Å². The van der Waals surface area contributed by atoms with E-state index >= 15 is 0 Å². The van der Waals surface area contributed by atoms with Crippen LogP contribution in [0.25, 0.3) is 0 Å². The lowest BCUT2D eigenvalue weighted by atomic mass is 9.95. The summed E-state index contributed by atoms with van der Waals surface area (Å²) in [5.74, 6) is 1.04. The Labute approximate surface area is 148 Å². The molecule has 0 radical (unpaired) electrons. The van der Waals surface area contributed by atoms with Gasteiger partial charge in [-0.3, -0.25) is 9.78 Å². The molecule has 1 aromatic carbocycles. The predicted octanol–water partition coefficient (Wildman–Crippen LogP) is 2.44. The zero-order chi connectivity index (χ0) is 17.5. The zero-order valence-corrected chi connectivity index (χ0v) is 14.6. The molecule has 2 N–H and O–H groups in total. The SMILES string of the molecule is CCNCc1ccccc1NC(=O)C1CCN(c2cnccn2)CC1. The lowest BCUT2D eigenvalue weighted by Crippen LogP contribution is -2.38. The molecule has 6 nitrogen and oxygen atoms in total. The van der Waals surface area contributed by atoms with E-state index in [0.29, 0.717) is 0 Å². The van der Waals surface area contributed by atoms with Crippen molar-refractivity contribution >= 4 is 17.4 Å². The van der Waals surface area contributed by atoms with Crippen LogP contribution in [0.2, 0.25) is 0 Å². The Morgan fingerprint density at radius 3 is 2.76 bits per heavy atom. The highest BCUT2D eigenvalue weighted by molar-refractivity contribution is 5.93. The lowest BCUT2D eigenvalue weighted by Gasteiger charge is -2.32. The normalized spacial score (nSPS) is 15.2. The first-order valence-electron chi connectivity index (χ1n) is 8.88. The third-order valence-electron chi connectivity index (χ3n) is 4.58. The van der Waals surface area contributed by atoms with Crippen molar-refractivity contribution in [3.8, 4) is 0 Å². The Bertz CT molecular complexity index is 683. The third-order valence-corrected chi connectivity index (χ3v) is 4.58. The maximum Gasteiger partial charge on any atom is 0.227 e. The molecule has 1 fully saturated rings. The van der Waals surface area contributed by atoms with Gasteiger partial charge in [0.2, 0.25) is 5.91 Å². The second kappa shape index (κ2) is 8.58. The molecule has 1 aromatic heterocycles. The maximum atomic E-state index is 12.7. The van der Waals surface area contributed by atoms with Crippen LogP contribution in [0, 0.1) is 5.92 Å². The minimum atomic E-state index is 0.0418. The number of anilines is 2. The summed E-state index contributed by atoms with van der Waals surface area (Å²) >= 11 is 0. The van der Waals surface area contributed by atoms with Crippen LogP contribution in [-0.4, -0.2) is 35.5 Å². The van der Waals surface area contributed by atoms with Crippen molar-refractivity contribution < 1.29 is 4.79 Å². The minimum absolute atomic E-state index is 0.0418. The van der Waals surface area contributed by atoms with E-state index in [4.69, 9.17) is 0 Å². The summed E-state index contributed by atoms with van der Waals surface area (Å²) in [5, 5.41) is 6.43. The average Bonchev–Trinajstić information content (AvgIpc) is 2.68. The van der Waals surface area contributed by atoms with Crippen molar-refractivity contribution in [3.63, 3.8) is 0 Å². The molecule has 0 saturated carbocycles. The van der Waals surface area contributed by atoms with Gasteiger partial charge in [0.25, 0.3) is 0 Å². The van der Waals surface area contributed by atoms with E-state index in [9.17, 15) is 4.79 Å². The van der Waals surface area contributed by atoms with Gasteiger partial charge in [-0.2, -0.15) is 0 Å². The van der Waals surface area contributed by atoms with Gasteiger partial charge >= 0.3 is 0 Å². The lowest BCUT2D eigenvalue weighted by molar-refractivity contribution is -0.120. The van der Waals surface area contributed by atoms with E-state index in [-0.39, 0.29) is 11.8 Å². The van der Waals surface area contributed by atoms with Gasteiger partial charge in [-0.1, -0.05) is 25.1 Å². The fourth-order valence-electron chi connectivity index (χ4n) is 3.12. The smallest absolute Gasteiger partial charge is 0.227 e. The number of piperidine rings is 1. The molecular formula is C19H25N5O. The number of para-hydroxylation sites is 1. The van der Waals surface area contributed by atoms with Crippen molar-refractivity contribution in [1.82, 2.24) is 15.3 Å². The number of carbonyl (C=O) groups excluding carboxylic acids is 1. The zero-order valence-electron chi connectivity index (χ0n) is 14.6. The van der Waals surface area contributed by atoms with Crippen molar-refractivity contribution in [2.75, 3.05) is 29.9 Å². The van der Waals surface area contributed by atoms with E-state index in [1.165, 1.54) is 0 Å². The molecule has 0 aliphatic carbocycles. The quantitative estimate of drug-likeness (QED) is 0.846. The second-order valence-corrected chi connectivity index (χ2v) is 6.25. The van der Waals surface area contributed by atoms with Crippen LogP contribution in [0.1, 0.15) is 25.3 Å². The standard InChI is InChI=1S/C19H25N5O/c1-2-20-13-16-5-3-4-6-17(16)23-19(25)15-7-11-24(12-8-15)18-14-21-9-10-22-18/h3-6,9-10,14-15,20H,2,7-8,11-13H2,1H3,(H,23,25). The summed E-state index contributed by atoms with van der Waals surface area (Å²) in [7, 11) is 0. The molecule has 2 heterocycles. The highest BCUT2D eigenvalue weighted by Gasteiger charge is 2.26. The molecule has 1 saturated heterocycles. The summed E-state index contributed by atoms with van der Waals surface area (Å²) in [6.45, 7) is 5.40. The number of hydrogen-bond acceptors (Lipinski definition) is 5. The number of carbonyl (C=O) groups is 1. The van der Waals surface area contributed by atoms with E-state index in [1.807, 2.05) is 18.2 Å². The summed E-state index contributed by atoms with van der Waals surface area (Å²) < 4.78 is 0. The Morgan fingerprint density at radius 1 is 1.24 bits per heavy atom. The molecule has 1 aliphatic rings. The van der Waals surface area contributed by atoms with Crippen molar-refractivity contribution in [2.45, 2.75) is 26.3 Å². The van der Waals surface area contributed by atoms with Gasteiger partial charge in [0, 0.05) is 43.6 Å². The fourth-order valence-corrected chi connectivity index (χ4v) is 3.12. The third kappa shape index (κ3) is 4.54. The molecule has 132 valence electrons. The minimum Gasteiger partial charge on any atom is -0.355 e. The van der Waals surface area contributed by atoms with Crippen molar-refractivity contribution in [1.29, 1.82) is 0 Å². The number of hydrogen-bond donors (Lipinski definition) is 2. The van der Waals surface area contributed by atoms with E-state index in [2.05, 4.69) is 38.5 Å². The van der Waals surface area contributed by atoms with Gasteiger partial charge in [-0.05, 0) is 31.0 Å². The number of aromatic nitrogens is 2. The summed E-state index contributed by atoms with van der Waals surface area (Å²) in [4.78, 5) is 23.3. The van der Waals surface area contributed by atoms with Gasteiger partial charge in [0.1, 0.15) is 5.82 Å². The molecule has 3 rings (SSSR count). The van der Waals surface area contributed by atoms with Gasteiger partial charge < -0.3 is 15.5 Å². The highest BCUT2D eigenvalue weighted by Crippen LogP contribution is 2.23. The Morgan fingerprint density at radius 2 is 2.04 bits per heavy atom. The molecule has 1 amide bonds. The summed E-state index contributed by atoms with van der Waals surface area (Å²) in [6, 6.07) is 7.98. The first kappa shape index (κ1) is 17.4. The largest absolute Gasteiger partial charge is 0.355 e. The van der Waals surface area contributed by atoms with Crippen LogP contribution < -0.4 is 15.5 Å². The van der Waals surface area contributed by atoms with E-state index in [0.717, 1.165) is 56.1 Å². The average molecular weight is 339 g/mol. The van der Waals surface area contributed by atoms with Gasteiger partial charge in [0.15, 0.2) is 0 Å². The Balaban J connectivity index is 1.57. The van der Waals surface area contributed by atoms with Crippen LogP contribution in [0.3, 0.4) is 0 Å². The summed E-state index contributed by atoms with van der Waals surface area (Å²) in [6.07, 6.45) is 6.82. The van der Waals surface area contributed by atoms with Gasteiger partial charge in [-0.15, -0.1) is 0 Å². The maximum absolute atomic E-state index is 12.7. The van der Waals surface area contributed by atoms with Crippen molar-refractivity contribution in [2.24, 2.45) is 5.92 Å². The van der Waals surface area contributed by atoms with E-state index in [1.54, 1.807) is 18.6 Å². The van der Waals surface area contributed by atoms with Crippen LogP contribution in [-0.2, 0) is 11.3 Å². The number of amides is 1. The number of benzene rings is 1. The monoisotopic (exact) mass is 339 g/mol. The molecule has 1 aliphatic heterocycles. The first-order valence-corrected chi connectivity index (χ1v) is 8.88. The molecule has 0 atom stereocenters. The molecule has 0 bridgehead atoms. The predicted molar refractivity (Wildman–Crippen MR) is 99.4 cm³/mol. The van der Waals surface area contributed by atoms with Crippen LogP contribution in [0.5, 0.6) is 0 Å². The van der Waals surface area contributed by atoms with Gasteiger partial charge in [0.05, 0.1) is 6.20 Å². The number of nitrogens with one attached hydrogen (secondary N) is 2. The second-order valence-electron chi connectivity index (χ2n) is 6.25. The molecule has 0 unspecified atom stereocenters. The van der Waals surface area contributed by atoms with E-state index < -0.39 is 0 Å². The Kier molecular flexibility index (Phi) is 5.95. The van der Waals surface area contributed by atoms with Gasteiger partial charge in [-0.25, -0.2) is 4.98 Å². The summed E-state index contributed by atoms with van der Waals surface area (Å²) in [5.41, 5.74) is 2.03. The molecular weight excluding hydrogens is 314 g/mol. The first-order chi connectivity index (χ1) is 12.3. The number of rotatable bonds is 6. The van der Waals surface area contributed by atoms with Crippen LogP contribution in [0.4, 0.5) is 11.5 Å². The van der Waals surface area contributed by atoms with Crippen LogP contribution >= 0.6 is 0 Å². The highest BCUT2D eigenvalue weighted by atomic mass is 16.1. The fraction of sp³-hybridized carbons (Fsp3) is 0.421. The molecule has 6 heteroatoms. The van der Waals surface area contributed by atoms with Crippen LogP contribution in [0.15, 0.2) is 42.9 Å². The Hall–Kier alpha value is -2.47. The number of nitrogens with zero attached hydrogens (tertiary/aromatic N) is 3. The molecule has 0 spiro atoms. The molecule has 2 aromatic rings.